The summed E-state index contributed by atoms with van der Waals surface area (Å²) in [6.07, 6.45) is 7.42. The minimum atomic E-state index is -0.842. The molecule has 2 aromatic rings. The van der Waals surface area contributed by atoms with E-state index in [4.69, 9.17) is 15.0 Å². The highest BCUT2D eigenvalue weighted by Gasteiger charge is 2.30. The summed E-state index contributed by atoms with van der Waals surface area (Å²) in [7, 11) is 0. The standard InChI is InChI=1S/C22H28N2O5/c1-2-3-7-13-28-18-12-8-11-16-14-17(22(27)29-19(16)18)21(26)24(23)20(25)15-9-5-4-6-10-15/h8,11-12,14-15H,2-7,9-10,13,23H2,1H3. The molecular formula is C22H28N2O5. The summed E-state index contributed by atoms with van der Waals surface area (Å²) in [5.41, 5.74) is -0.806. The fraction of sp³-hybridized carbons (Fsp3) is 0.500. The first-order valence-electron chi connectivity index (χ1n) is 10.4. The normalized spacial score (nSPS) is 14.7. The summed E-state index contributed by atoms with van der Waals surface area (Å²) in [6, 6.07) is 6.62. The van der Waals surface area contributed by atoms with Gasteiger partial charge in [-0.2, -0.15) is 0 Å². The van der Waals surface area contributed by atoms with Gasteiger partial charge in [0.25, 0.3) is 5.91 Å². The van der Waals surface area contributed by atoms with Crippen LogP contribution >= 0.6 is 0 Å². The van der Waals surface area contributed by atoms with Gasteiger partial charge in [-0.05, 0) is 31.4 Å². The van der Waals surface area contributed by atoms with Gasteiger partial charge in [-0.3, -0.25) is 9.59 Å². The number of hydrazine groups is 1. The van der Waals surface area contributed by atoms with Crippen LogP contribution in [0.4, 0.5) is 0 Å². The number of rotatable bonds is 7. The van der Waals surface area contributed by atoms with Gasteiger partial charge in [0, 0.05) is 11.3 Å². The Bertz CT molecular complexity index is 930. The van der Waals surface area contributed by atoms with Crippen molar-refractivity contribution in [2.75, 3.05) is 6.61 Å². The lowest BCUT2D eigenvalue weighted by Gasteiger charge is -2.24. The number of benzene rings is 1. The molecule has 0 bridgehead atoms. The number of hydrogen-bond acceptors (Lipinski definition) is 6. The number of carbonyl (C=O) groups is 2. The second-order valence-corrected chi connectivity index (χ2v) is 7.53. The monoisotopic (exact) mass is 400 g/mol. The first kappa shape index (κ1) is 21.0. The Morgan fingerprint density at radius 3 is 2.69 bits per heavy atom. The van der Waals surface area contributed by atoms with E-state index in [-0.39, 0.29) is 17.1 Å². The summed E-state index contributed by atoms with van der Waals surface area (Å²) >= 11 is 0. The second kappa shape index (κ2) is 9.69. The van der Waals surface area contributed by atoms with Gasteiger partial charge in [0.15, 0.2) is 11.3 Å². The lowest BCUT2D eigenvalue weighted by Crippen LogP contribution is -2.47. The third-order valence-corrected chi connectivity index (χ3v) is 5.37. The van der Waals surface area contributed by atoms with Crippen LogP contribution in [0.15, 0.2) is 33.5 Å². The van der Waals surface area contributed by atoms with Crippen LogP contribution in [0.2, 0.25) is 0 Å². The third-order valence-electron chi connectivity index (χ3n) is 5.37. The molecule has 2 N–H and O–H groups in total. The number of imide groups is 1. The molecule has 1 heterocycles. The van der Waals surface area contributed by atoms with Crippen molar-refractivity contribution in [3.63, 3.8) is 0 Å². The van der Waals surface area contributed by atoms with Gasteiger partial charge < -0.3 is 9.15 Å². The van der Waals surface area contributed by atoms with E-state index in [1.54, 1.807) is 18.2 Å². The highest BCUT2D eigenvalue weighted by atomic mass is 16.5. The van der Waals surface area contributed by atoms with Crippen molar-refractivity contribution < 1.29 is 18.7 Å². The quantitative estimate of drug-likeness (QED) is 0.189. The SMILES string of the molecule is CCCCCOc1cccc2cc(C(=O)N(N)C(=O)C3CCCCC3)c(=O)oc12. The van der Waals surface area contributed by atoms with Crippen LogP contribution < -0.4 is 16.2 Å². The van der Waals surface area contributed by atoms with Crippen molar-refractivity contribution in [1.29, 1.82) is 0 Å². The number of hydrogen-bond donors (Lipinski definition) is 1. The van der Waals surface area contributed by atoms with E-state index in [1.165, 1.54) is 6.07 Å². The van der Waals surface area contributed by atoms with Gasteiger partial charge in [0.1, 0.15) is 5.56 Å². The fourth-order valence-corrected chi connectivity index (χ4v) is 3.69. The number of fused-ring (bicyclic) bond motifs is 1. The van der Waals surface area contributed by atoms with Crippen molar-refractivity contribution >= 4 is 22.8 Å². The highest BCUT2D eigenvalue weighted by Crippen LogP contribution is 2.27. The minimum absolute atomic E-state index is 0.257. The van der Waals surface area contributed by atoms with Crippen molar-refractivity contribution in [2.45, 2.75) is 58.3 Å². The number of carbonyl (C=O) groups excluding carboxylic acids is 2. The molecule has 7 nitrogen and oxygen atoms in total. The molecule has 0 aliphatic heterocycles. The van der Waals surface area contributed by atoms with E-state index in [2.05, 4.69) is 6.92 Å². The highest BCUT2D eigenvalue weighted by molar-refractivity contribution is 6.05. The Labute approximate surface area is 169 Å². The van der Waals surface area contributed by atoms with Gasteiger partial charge >= 0.3 is 5.63 Å². The van der Waals surface area contributed by atoms with E-state index in [9.17, 15) is 14.4 Å². The van der Waals surface area contributed by atoms with Crippen LogP contribution in [0.3, 0.4) is 0 Å². The number of ether oxygens (including phenoxy) is 1. The third kappa shape index (κ3) is 4.85. The minimum Gasteiger partial charge on any atom is -0.490 e. The molecule has 3 rings (SSSR count). The molecule has 0 unspecified atom stereocenters. The maximum atomic E-state index is 12.7. The predicted molar refractivity (Wildman–Crippen MR) is 109 cm³/mol. The predicted octanol–water partition coefficient (Wildman–Crippen LogP) is 3.78. The molecule has 1 aliphatic rings. The van der Waals surface area contributed by atoms with Crippen LogP contribution in [0.1, 0.15) is 68.6 Å². The van der Waals surface area contributed by atoms with Crippen molar-refractivity contribution in [1.82, 2.24) is 5.01 Å². The van der Waals surface area contributed by atoms with E-state index in [1.807, 2.05) is 0 Å². The maximum Gasteiger partial charge on any atom is 0.349 e. The molecule has 1 aliphatic carbocycles. The topological polar surface area (TPSA) is 103 Å². The summed E-state index contributed by atoms with van der Waals surface area (Å²) in [5.74, 6) is 4.69. The van der Waals surface area contributed by atoms with Gasteiger partial charge in [0.2, 0.25) is 5.91 Å². The zero-order chi connectivity index (χ0) is 20.8. The maximum absolute atomic E-state index is 12.7. The lowest BCUT2D eigenvalue weighted by molar-refractivity contribution is -0.134. The Morgan fingerprint density at radius 1 is 1.21 bits per heavy atom. The van der Waals surface area contributed by atoms with E-state index < -0.39 is 17.4 Å². The van der Waals surface area contributed by atoms with Crippen LogP contribution in [-0.4, -0.2) is 23.4 Å². The number of nitrogens with two attached hydrogens (primary N) is 1. The average molecular weight is 400 g/mol. The fourth-order valence-electron chi connectivity index (χ4n) is 3.69. The molecule has 1 saturated carbocycles. The van der Waals surface area contributed by atoms with E-state index >= 15 is 0 Å². The van der Waals surface area contributed by atoms with Crippen molar-refractivity contribution in [3.05, 3.63) is 40.2 Å². The molecular weight excluding hydrogens is 372 g/mol. The van der Waals surface area contributed by atoms with Crippen LogP contribution in [-0.2, 0) is 4.79 Å². The van der Waals surface area contributed by atoms with Crippen molar-refractivity contribution in [2.24, 2.45) is 11.8 Å². The van der Waals surface area contributed by atoms with Crippen LogP contribution in [0.25, 0.3) is 11.0 Å². The summed E-state index contributed by atoms with van der Waals surface area (Å²) < 4.78 is 11.1. The van der Waals surface area contributed by atoms with E-state index in [0.717, 1.165) is 38.5 Å². The second-order valence-electron chi connectivity index (χ2n) is 7.53. The molecule has 2 amide bonds. The zero-order valence-electron chi connectivity index (χ0n) is 16.8. The molecule has 0 atom stereocenters. The molecule has 0 saturated heterocycles. The number of nitrogens with zero attached hydrogens (tertiary/aromatic N) is 1. The van der Waals surface area contributed by atoms with Gasteiger partial charge in [-0.1, -0.05) is 51.2 Å². The summed E-state index contributed by atoms with van der Waals surface area (Å²) in [6.45, 7) is 2.62. The molecule has 1 aromatic heterocycles. The number of amides is 2. The largest absolute Gasteiger partial charge is 0.490 e. The number of para-hydroxylation sites is 1. The molecule has 1 fully saturated rings. The molecule has 156 valence electrons. The summed E-state index contributed by atoms with van der Waals surface area (Å²) in [4.78, 5) is 37.7. The Hall–Kier alpha value is -2.67. The van der Waals surface area contributed by atoms with Gasteiger partial charge in [-0.25, -0.2) is 15.6 Å². The summed E-state index contributed by atoms with van der Waals surface area (Å²) in [5, 5.41) is 1.11. The number of unbranched alkanes of at least 4 members (excludes halogenated alkanes) is 2. The Balaban J connectivity index is 1.82. The van der Waals surface area contributed by atoms with Gasteiger partial charge in [0.05, 0.1) is 6.61 Å². The first-order chi connectivity index (χ1) is 14.0. The van der Waals surface area contributed by atoms with Crippen LogP contribution in [0, 0.1) is 5.92 Å². The lowest BCUT2D eigenvalue weighted by atomic mass is 9.88. The molecule has 0 spiro atoms. The average Bonchev–Trinajstić information content (AvgIpc) is 2.75. The van der Waals surface area contributed by atoms with E-state index in [0.29, 0.717) is 35.6 Å². The molecule has 29 heavy (non-hydrogen) atoms. The first-order valence-corrected chi connectivity index (χ1v) is 10.4. The van der Waals surface area contributed by atoms with Crippen molar-refractivity contribution in [3.8, 4) is 5.75 Å². The van der Waals surface area contributed by atoms with Crippen LogP contribution in [0.5, 0.6) is 5.75 Å². The van der Waals surface area contributed by atoms with Gasteiger partial charge in [-0.15, -0.1) is 0 Å². The Kier molecular flexibility index (Phi) is 7.04. The zero-order valence-corrected chi connectivity index (χ0v) is 16.8. The molecule has 0 radical (unpaired) electrons. The Morgan fingerprint density at radius 2 is 1.97 bits per heavy atom. The molecule has 7 heteroatoms. The smallest absolute Gasteiger partial charge is 0.349 e. The molecule has 1 aromatic carbocycles.